The van der Waals surface area contributed by atoms with Crippen molar-refractivity contribution in [3.63, 3.8) is 0 Å². The van der Waals surface area contributed by atoms with E-state index in [0.29, 0.717) is 39.8 Å². The van der Waals surface area contributed by atoms with Gasteiger partial charge in [0.1, 0.15) is 11.5 Å². The number of carbonyl (C=O) groups is 2. The number of hydrogen-bond acceptors (Lipinski definition) is 5. The lowest BCUT2D eigenvalue weighted by molar-refractivity contribution is -0.132. The fourth-order valence-corrected chi connectivity index (χ4v) is 4.29. The van der Waals surface area contributed by atoms with Crippen LogP contribution in [0.4, 0.5) is 5.69 Å². The van der Waals surface area contributed by atoms with Crippen LogP contribution in [0.15, 0.2) is 66.5 Å². The number of aryl methyl sites for hydroxylation is 1. The van der Waals surface area contributed by atoms with Gasteiger partial charge in [0.15, 0.2) is 0 Å². The summed E-state index contributed by atoms with van der Waals surface area (Å²) in [7, 11) is 0. The van der Waals surface area contributed by atoms with E-state index >= 15 is 0 Å². The first-order valence-corrected chi connectivity index (χ1v) is 11.4. The number of ketones is 1. The van der Waals surface area contributed by atoms with Crippen molar-refractivity contribution in [3.05, 3.63) is 93.8 Å². The van der Waals surface area contributed by atoms with Crippen molar-refractivity contribution in [3.8, 4) is 5.75 Å². The molecule has 1 saturated heterocycles. The molecule has 0 aliphatic carbocycles. The first kappa shape index (κ1) is 23.5. The summed E-state index contributed by atoms with van der Waals surface area (Å²) in [6.45, 7) is 6.27. The Labute approximate surface area is 203 Å². The molecule has 0 saturated carbocycles. The molecule has 34 heavy (non-hydrogen) atoms. The number of carbonyl (C=O) groups excluding carboxylic acids is 2. The van der Waals surface area contributed by atoms with Crippen molar-refractivity contribution in [1.29, 1.82) is 0 Å². The van der Waals surface area contributed by atoms with E-state index < -0.39 is 17.7 Å². The van der Waals surface area contributed by atoms with Crippen LogP contribution < -0.4 is 9.64 Å². The molecular formula is C27H25ClN2O4. The number of Topliss-reactive ketones (excluding diaryl/α,β-unsaturated/α-hetero) is 1. The van der Waals surface area contributed by atoms with Crippen LogP contribution in [0, 0.1) is 13.8 Å². The van der Waals surface area contributed by atoms with Gasteiger partial charge in [0.2, 0.25) is 0 Å². The minimum atomic E-state index is -0.837. The highest BCUT2D eigenvalue weighted by molar-refractivity contribution is 6.52. The molecule has 4 rings (SSSR count). The maximum Gasteiger partial charge on any atom is 0.300 e. The molecule has 6 nitrogen and oxygen atoms in total. The van der Waals surface area contributed by atoms with Crippen LogP contribution in [0.1, 0.15) is 41.6 Å². The number of ether oxygens (including phenoxy) is 1. The summed E-state index contributed by atoms with van der Waals surface area (Å²) in [6.07, 6.45) is 4.05. The van der Waals surface area contributed by atoms with Gasteiger partial charge in [-0.15, -0.1) is 0 Å². The zero-order chi connectivity index (χ0) is 24.4. The lowest BCUT2D eigenvalue weighted by Gasteiger charge is -2.27. The van der Waals surface area contributed by atoms with Gasteiger partial charge in [0, 0.05) is 28.7 Å². The van der Waals surface area contributed by atoms with Crippen molar-refractivity contribution in [2.75, 3.05) is 11.5 Å². The number of pyridine rings is 1. The molecule has 1 atom stereocenters. The Morgan fingerprint density at radius 2 is 1.85 bits per heavy atom. The highest BCUT2D eigenvalue weighted by Crippen LogP contribution is 2.44. The van der Waals surface area contributed by atoms with Gasteiger partial charge in [-0.2, -0.15) is 0 Å². The second-order valence-corrected chi connectivity index (χ2v) is 8.57. The molecule has 1 amide bonds. The Morgan fingerprint density at radius 3 is 2.53 bits per heavy atom. The van der Waals surface area contributed by atoms with Gasteiger partial charge < -0.3 is 9.84 Å². The first-order chi connectivity index (χ1) is 16.3. The van der Waals surface area contributed by atoms with Crippen LogP contribution in [0.25, 0.3) is 5.76 Å². The zero-order valence-electron chi connectivity index (χ0n) is 19.2. The van der Waals surface area contributed by atoms with Gasteiger partial charge in [-0.3, -0.25) is 19.5 Å². The van der Waals surface area contributed by atoms with E-state index in [2.05, 4.69) is 4.98 Å². The summed E-state index contributed by atoms with van der Waals surface area (Å²) in [6, 6.07) is 13.0. The number of aliphatic hydroxyl groups excluding tert-OH is 1. The molecule has 0 radical (unpaired) electrons. The Bertz CT molecular complexity index is 1290. The maximum absolute atomic E-state index is 13.3. The van der Waals surface area contributed by atoms with Crippen molar-refractivity contribution in [2.24, 2.45) is 0 Å². The third-order valence-electron chi connectivity index (χ3n) is 5.87. The first-order valence-electron chi connectivity index (χ1n) is 11.0. The summed E-state index contributed by atoms with van der Waals surface area (Å²) in [5, 5.41) is 11.8. The summed E-state index contributed by atoms with van der Waals surface area (Å²) < 4.78 is 5.73. The third-order valence-corrected chi connectivity index (χ3v) is 6.28. The number of aliphatic hydroxyl groups is 1. The van der Waals surface area contributed by atoms with E-state index in [1.165, 1.54) is 4.90 Å². The molecule has 1 N–H and O–H groups in total. The molecule has 7 heteroatoms. The normalized spacial score (nSPS) is 17.3. The van der Waals surface area contributed by atoms with Crippen molar-refractivity contribution in [1.82, 2.24) is 4.98 Å². The summed E-state index contributed by atoms with van der Waals surface area (Å²) in [5.74, 6) is -1.03. The van der Waals surface area contributed by atoms with E-state index in [9.17, 15) is 14.7 Å². The minimum Gasteiger partial charge on any atom is -0.507 e. The van der Waals surface area contributed by atoms with Crippen LogP contribution >= 0.6 is 11.6 Å². The summed E-state index contributed by atoms with van der Waals surface area (Å²) in [5.41, 5.74) is 3.08. The van der Waals surface area contributed by atoms with E-state index in [1.54, 1.807) is 67.8 Å². The highest BCUT2D eigenvalue weighted by atomic mass is 35.5. The van der Waals surface area contributed by atoms with Crippen molar-refractivity contribution < 1.29 is 19.4 Å². The third kappa shape index (κ3) is 4.17. The molecule has 174 valence electrons. The quantitative estimate of drug-likeness (QED) is 0.277. The Hall–Kier alpha value is -3.64. The van der Waals surface area contributed by atoms with Gasteiger partial charge in [-0.25, -0.2) is 0 Å². The van der Waals surface area contributed by atoms with Crippen molar-refractivity contribution >= 4 is 34.7 Å². The standard InChI is InChI=1S/C27H25ClN2O4/c1-4-14-34-22-9-8-19(15-16(22)2)25(31)23-24(18-10-12-29-13-11-18)30(27(33)26(23)32)21-7-5-6-20(28)17(21)3/h5-13,15,24,31H,4,14H2,1-3H3/b25-23+. The molecule has 1 aliphatic heterocycles. The number of anilines is 1. The molecule has 2 heterocycles. The van der Waals surface area contributed by atoms with Gasteiger partial charge in [0.25, 0.3) is 11.7 Å². The molecule has 0 spiro atoms. The average molecular weight is 477 g/mol. The SMILES string of the molecule is CCCOc1ccc(/C(O)=C2\C(=O)C(=O)N(c3cccc(Cl)c3C)C2c2ccncc2)cc1C. The number of hydrogen-bond donors (Lipinski definition) is 1. The van der Waals surface area contributed by atoms with E-state index in [0.717, 1.165) is 12.0 Å². The van der Waals surface area contributed by atoms with Crippen molar-refractivity contribution in [2.45, 2.75) is 33.2 Å². The lowest BCUT2D eigenvalue weighted by atomic mass is 9.95. The molecule has 2 aromatic carbocycles. The molecular weight excluding hydrogens is 452 g/mol. The number of aromatic nitrogens is 1. The smallest absolute Gasteiger partial charge is 0.300 e. The molecule has 1 aromatic heterocycles. The van der Waals surface area contributed by atoms with Gasteiger partial charge >= 0.3 is 0 Å². The highest BCUT2D eigenvalue weighted by Gasteiger charge is 2.47. The predicted molar refractivity (Wildman–Crippen MR) is 132 cm³/mol. The Morgan fingerprint density at radius 1 is 1.12 bits per heavy atom. The Balaban J connectivity index is 1.89. The molecule has 3 aromatic rings. The van der Waals surface area contributed by atoms with Crippen LogP contribution in [-0.2, 0) is 9.59 Å². The lowest BCUT2D eigenvalue weighted by Crippen LogP contribution is -2.30. The second kappa shape index (κ2) is 9.69. The van der Waals surface area contributed by atoms with E-state index in [-0.39, 0.29) is 11.3 Å². The fraction of sp³-hybridized carbons (Fsp3) is 0.222. The van der Waals surface area contributed by atoms with E-state index in [1.807, 2.05) is 13.8 Å². The van der Waals surface area contributed by atoms with Gasteiger partial charge in [-0.1, -0.05) is 24.6 Å². The Kier molecular flexibility index (Phi) is 6.70. The molecule has 1 unspecified atom stereocenters. The fourth-order valence-electron chi connectivity index (χ4n) is 4.13. The zero-order valence-corrected chi connectivity index (χ0v) is 20.0. The molecule has 0 bridgehead atoms. The summed E-state index contributed by atoms with van der Waals surface area (Å²) in [4.78, 5) is 32.0. The number of rotatable bonds is 6. The van der Waals surface area contributed by atoms with Gasteiger partial charge in [-0.05, 0) is 79.4 Å². The minimum absolute atomic E-state index is 0.0113. The average Bonchev–Trinajstić information content (AvgIpc) is 3.10. The molecule has 1 aliphatic rings. The monoisotopic (exact) mass is 476 g/mol. The number of benzene rings is 2. The van der Waals surface area contributed by atoms with Crippen LogP contribution in [-0.4, -0.2) is 28.4 Å². The van der Waals surface area contributed by atoms with E-state index in [4.69, 9.17) is 16.3 Å². The number of halogens is 1. The maximum atomic E-state index is 13.3. The largest absolute Gasteiger partial charge is 0.507 e. The van der Waals surface area contributed by atoms with Gasteiger partial charge in [0.05, 0.1) is 18.2 Å². The van der Waals surface area contributed by atoms with Crippen LogP contribution in [0.5, 0.6) is 5.75 Å². The van der Waals surface area contributed by atoms with Crippen LogP contribution in [0.3, 0.4) is 0 Å². The number of nitrogens with zero attached hydrogens (tertiary/aromatic N) is 2. The van der Waals surface area contributed by atoms with Crippen LogP contribution in [0.2, 0.25) is 5.02 Å². The summed E-state index contributed by atoms with van der Waals surface area (Å²) >= 11 is 6.33. The second-order valence-electron chi connectivity index (χ2n) is 8.16. The number of amides is 1. The molecule has 1 fully saturated rings. The topological polar surface area (TPSA) is 79.7 Å². The predicted octanol–water partition coefficient (Wildman–Crippen LogP) is 5.77.